The van der Waals surface area contributed by atoms with Crippen molar-refractivity contribution in [2.24, 2.45) is 0 Å². The van der Waals surface area contributed by atoms with Gasteiger partial charge in [0.25, 0.3) is 5.91 Å². The molecule has 4 rings (SSSR count). The summed E-state index contributed by atoms with van der Waals surface area (Å²) in [6.07, 6.45) is 1.62. The molecule has 1 aromatic heterocycles. The highest BCUT2D eigenvalue weighted by Crippen LogP contribution is 2.26. The number of nitrogens with zero attached hydrogens (tertiary/aromatic N) is 1. The number of carbonyl (C=O) groups is 1. The lowest BCUT2D eigenvalue weighted by atomic mass is 10.0. The zero-order valence-electron chi connectivity index (χ0n) is 13.6. The van der Waals surface area contributed by atoms with E-state index in [2.05, 4.69) is 15.5 Å². The lowest BCUT2D eigenvalue weighted by Gasteiger charge is -2.22. The third-order valence-corrected chi connectivity index (χ3v) is 4.49. The molecule has 1 amide bonds. The molecule has 1 aliphatic rings. The second-order valence-electron chi connectivity index (χ2n) is 6.20. The summed E-state index contributed by atoms with van der Waals surface area (Å²) < 4.78 is 18.8. The molecule has 6 heteroatoms. The third kappa shape index (κ3) is 3.25. The Morgan fingerprint density at radius 2 is 1.96 bits per heavy atom. The van der Waals surface area contributed by atoms with Gasteiger partial charge in [-0.25, -0.2) is 4.39 Å². The molecule has 5 nitrogen and oxygen atoms in total. The first kappa shape index (κ1) is 15.8. The van der Waals surface area contributed by atoms with Gasteiger partial charge >= 0.3 is 0 Å². The van der Waals surface area contributed by atoms with Gasteiger partial charge in [0, 0.05) is 24.6 Å². The Balaban J connectivity index is 1.65. The molecule has 0 unspecified atom stereocenters. The molecule has 2 aromatic carbocycles. The van der Waals surface area contributed by atoms with Crippen LogP contribution in [0.4, 0.5) is 4.39 Å². The second kappa shape index (κ2) is 6.64. The van der Waals surface area contributed by atoms with Crippen molar-refractivity contribution in [1.82, 2.24) is 15.5 Å². The van der Waals surface area contributed by atoms with E-state index in [1.165, 1.54) is 12.1 Å². The number of hydrogen-bond acceptors (Lipinski definition) is 3. The van der Waals surface area contributed by atoms with Crippen LogP contribution in [0.15, 0.2) is 42.5 Å². The van der Waals surface area contributed by atoms with Crippen LogP contribution in [0.3, 0.4) is 0 Å². The van der Waals surface area contributed by atoms with E-state index in [0.717, 1.165) is 34.9 Å². The van der Waals surface area contributed by atoms with Crippen LogP contribution in [0, 0.1) is 5.82 Å². The highest BCUT2D eigenvalue weighted by atomic mass is 19.1. The topological polar surface area (TPSA) is 67.0 Å². The maximum Gasteiger partial charge on any atom is 0.272 e. The van der Waals surface area contributed by atoms with Crippen LogP contribution in [-0.2, 0) is 4.74 Å². The largest absolute Gasteiger partial charge is 0.381 e. The van der Waals surface area contributed by atoms with Gasteiger partial charge in [-0.2, -0.15) is 5.10 Å². The molecular formula is C19H18FN3O2. The Hall–Kier alpha value is -2.73. The predicted octanol–water partition coefficient (Wildman–Crippen LogP) is 3.28. The summed E-state index contributed by atoms with van der Waals surface area (Å²) in [4.78, 5) is 12.6. The number of nitrogens with one attached hydrogen (secondary N) is 2. The Labute approximate surface area is 144 Å². The van der Waals surface area contributed by atoms with Gasteiger partial charge in [0.15, 0.2) is 5.69 Å². The summed E-state index contributed by atoms with van der Waals surface area (Å²) in [6.45, 7) is 1.33. The van der Waals surface area contributed by atoms with E-state index in [0.29, 0.717) is 18.9 Å². The average molecular weight is 339 g/mol. The number of hydrogen-bond donors (Lipinski definition) is 2. The number of fused-ring (bicyclic) bond motifs is 1. The number of halogens is 1. The molecule has 3 aromatic rings. The molecule has 0 saturated carbocycles. The number of benzene rings is 2. The quantitative estimate of drug-likeness (QED) is 0.769. The lowest BCUT2D eigenvalue weighted by molar-refractivity contribution is 0.0695. The minimum Gasteiger partial charge on any atom is -0.381 e. The maximum absolute atomic E-state index is 13.5. The van der Waals surface area contributed by atoms with Crippen molar-refractivity contribution in [1.29, 1.82) is 0 Å². The van der Waals surface area contributed by atoms with E-state index in [-0.39, 0.29) is 17.8 Å². The van der Waals surface area contributed by atoms with Crippen LogP contribution in [0.5, 0.6) is 0 Å². The van der Waals surface area contributed by atoms with Gasteiger partial charge in [-0.3, -0.25) is 9.89 Å². The third-order valence-electron chi connectivity index (χ3n) is 4.49. The summed E-state index contributed by atoms with van der Waals surface area (Å²) in [5.74, 6) is -0.489. The average Bonchev–Trinajstić information content (AvgIpc) is 3.06. The van der Waals surface area contributed by atoms with E-state index in [1.807, 2.05) is 24.3 Å². The fourth-order valence-electron chi connectivity index (χ4n) is 3.13. The highest BCUT2D eigenvalue weighted by molar-refractivity contribution is 6.05. The van der Waals surface area contributed by atoms with Crippen LogP contribution in [0.1, 0.15) is 23.3 Å². The summed E-state index contributed by atoms with van der Waals surface area (Å²) >= 11 is 0. The molecule has 2 N–H and O–H groups in total. The monoisotopic (exact) mass is 339 g/mol. The number of aromatic nitrogens is 2. The maximum atomic E-state index is 13.5. The first-order valence-corrected chi connectivity index (χ1v) is 8.33. The van der Waals surface area contributed by atoms with Crippen LogP contribution >= 0.6 is 0 Å². The number of H-pyrrole nitrogens is 1. The SMILES string of the molecule is O=C(NC1CCOCC1)c1n[nH]c2ccc(-c3cccc(F)c3)cc12. The molecule has 0 radical (unpaired) electrons. The predicted molar refractivity (Wildman–Crippen MR) is 92.8 cm³/mol. The molecule has 25 heavy (non-hydrogen) atoms. The number of carbonyl (C=O) groups excluding carboxylic acids is 1. The van der Waals surface area contributed by atoms with Crippen molar-refractivity contribution >= 4 is 16.8 Å². The normalized spacial score (nSPS) is 15.4. The van der Waals surface area contributed by atoms with Crippen molar-refractivity contribution in [2.75, 3.05) is 13.2 Å². The lowest BCUT2D eigenvalue weighted by Crippen LogP contribution is -2.39. The second-order valence-corrected chi connectivity index (χ2v) is 6.20. The number of rotatable bonds is 3. The van der Waals surface area contributed by atoms with Crippen molar-refractivity contribution in [3.05, 3.63) is 54.0 Å². The Bertz CT molecular complexity index is 916. The van der Waals surface area contributed by atoms with Crippen molar-refractivity contribution in [3.63, 3.8) is 0 Å². The first-order valence-electron chi connectivity index (χ1n) is 8.33. The van der Waals surface area contributed by atoms with Gasteiger partial charge in [0.05, 0.1) is 5.52 Å². The van der Waals surface area contributed by atoms with E-state index in [9.17, 15) is 9.18 Å². The molecule has 0 bridgehead atoms. The van der Waals surface area contributed by atoms with Crippen molar-refractivity contribution < 1.29 is 13.9 Å². The molecule has 0 spiro atoms. The van der Waals surface area contributed by atoms with Gasteiger partial charge in [0.1, 0.15) is 5.82 Å². The molecule has 0 atom stereocenters. The molecule has 0 aliphatic carbocycles. The number of ether oxygens (including phenoxy) is 1. The van der Waals surface area contributed by atoms with E-state index in [4.69, 9.17) is 4.74 Å². The minimum atomic E-state index is -0.290. The Morgan fingerprint density at radius 1 is 1.16 bits per heavy atom. The number of aromatic amines is 1. The van der Waals surface area contributed by atoms with Gasteiger partial charge in [-0.1, -0.05) is 18.2 Å². The van der Waals surface area contributed by atoms with Crippen LogP contribution in [0.2, 0.25) is 0 Å². The summed E-state index contributed by atoms with van der Waals surface area (Å²) in [5, 5.41) is 10.8. The van der Waals surface area contributed by atoms with Crippen molar-refractivity contribution in [3.8, 4) is 11.1 Å². The smallest absolute Gasteiger partial charge is 0.272 e. The van der Waals surface area contributed by atoms with E-state index >= 15 is 0 Å². The van der Waals surface area contributed by atoms with Crippen LogP contribution in [-0.4, -0.2) is 35.4 Å². The van der Waals surface area contributed by atoms with E-state index in [1.54, 1.807) is 6.07 Å². The van der Waals surface area contributed by atoms with Gasteiger partial charge in [-0.05, 0) is 48.2 Å². The summed E-state index contributed by atoms with van der Waals surface area (Å²) in [7, 11) is 0. The van der Waals surface area contributed by atoms with Gasteiger partial charge < -0.3 is 10.1 Å². The number of amides is 1. The first-order chi connectivity index (χ1) is 12.2. The summed E-state index contributed by atoms with van der Waals surface area (Å²) in [5.41, 5.74) is 2.74. The molecule has 1 aliphatic heterocycles. The van der Waals surface area contributed by atoms with Gasteiger partial charge in [0.2, 0.25) is 0 Å². The van der Waals surface area contributed by atoms with Crippen molar-refractivity contribution in [2.45, 2.75) is 18.9 Å². The fraction of sp³-hybridized carbons (Fsp3) is 0.263. The molecule has 128 valence electrons. The summed E-state index contributed by atoms with van der Waals surface area (Å²) in [6, 6.07) is 12.1. The van der Waals surface area contributed by atoms with Crippen LogP contribution < -0.4 is 5.32 Å². The Kier molecular flexibility index (Phi) is 4.19. The Morgan fingerprint density at radius 3 is 2.76 bits per heavy atom. The fourth-order valence-corrected chi connectivity index (χ4v) is 3.13. The zero-order chi connectivity index (χ0) is 17.2. The van der Waals surface area contributed by atoms with E-state index < -0.39 is 0 Å². The molecule has 1 fully saturated rings. The zero-order valence-corrected chi connectivity index (χ0v) is 13.6. The van der Waals surface area contributed by atoms with Gasteiger partial charge in [-0.15, -0.1) is 0 Å². The molecule has 1 saturated heterocycles. The molecular weight excluding hydrogens is 321 g/mol. The van der Waals surface area contributed by atoms with Crippen LogP contribution in [0.25, 0.3) is 22.0 Å². The standard InChI is InChI=1S/C19H18FN3O2/c20-14-3-1-2-12(10-14)13-4-5-17-16(11-13)18(23-22-17)19(24)21-15-6-8-25-9-7-15/h1-5,10-11,15H,6-9H2,(H,21,24)(H,22,23). The minimum absolute atomic E-state index is 0.111. The highest BCUT2D eigenvalue weighted by Gasteiger charge is 2.20. The molecule has 2 heterocycles.